The van der Waals surface area contributed by atoms with Gasteiger partial charge in [0.05, 0.1) is 0 Å². The van der Waals surface area contributed by atoms with Crippen LogP contribution in [0.5, 0.6) is 0 Å². The zero-order valence-corrected chi connectivity index (χ0v) is 36.2. The fourth-order valence-electron chi connectivity index (χ4n) is 3.20. The Hall–Kier alpha value is 1.41. The molecule has 3 amide bonds. The minimum absolute atomic E-state index is 0. The quantitative estimate of drug-likeness (QED) is 0.251. The van der Waals surface area contributed by atoms with E-state index in [9.17, 15) is 9.59 Å². The minimum Gasteiger partial charge on any atom is -0.693 e. The maximum Gasteiger partial charge on any atom is 1.00 e. The number of nitrogens with one attached hydrogen (secondary N) is 3. The van der Waals surface area contributed by atoms with Gasteiger partial charge in [0.15, 0.2) is 0 Å². The zero-order valence-electron chi connectivity index (χ0n) is 28.2. The van der Waals surface area contributed by atoms with E-state index in [4.69, 9.17) is 41.4 Å². The van der Waals surface area contributed by atoms with Gasteiger partial charge in [-0.05, 0) is 33.5 Å². The Morgan fingerprint density at radius 2 is 0.738 bits per heavy atom. The van der Waals surface area contributed by atoms with Crippen LogP contribution < -0.4 is 103 Å². The van der Waals surface area contributed by atoms with E-state index in [0.29, 0.717) is 0 Å². The monoisotopic (exact) mass is 692 g/mol. The number of carbonyl (C=O) groups excluding carboxylic acids is 3. The van der Waals surface area contributed by atoms with E-state index in [-0.39, 0.29) is 162 Å². The van der Waals surface area contributed by atoms with Gasteiger partial charge in [-0.25, -0.2) is 4.79 Å². The Labute approximate surface area is 352 Å². The van der Waals surface area contributed by atoms with Crippen LogP contribution in [-0.4, -0.2) is 40.0 Å². The molecule has 2 unspecified atom stereocenters. The molecular weight excluding hydrogens is 635 g/mol. The molecule has 0 fully saturated rings. The summed E-state index contributed by atoms with van der Waals surface area (Å²) in [6.45, 7) is 29.0. The van der Waals surface area contributed by atoms with Gasteiger partial charge in [0.25, 0.3) is 0 Å². The first-order valence-electron chi connectivity index (χ1n) is 12.1. The van der Waals surface area contributed by atoms with Gasteiger partial charge >= 0.3 is 108 Å². The minimum atomic E-state index is -1.14. The predicted molar refractivity (Wildman–Crippen MR) is 173 cm³/mol. The summed E-state index contributed by atoms with van der Waals surface area (Å²) >= 11 is 5.88. The molecule has 0 bridgehead atoms. The number of rotatable bonds is 4. The molecule has 4 atom stereocenters. The summed E-state index contributed by atoms with van der Waals surface area (Å²) in [5, 5.41) is 5.25. The number of hydrogen-bond acceptors (Lipinski definition) is 6. The Bertz CT molecular complexity index is 681. The third-order valence-electron chi connectivity index (χ3n) is 5.82. The molecule has 0 heterocycles. The van der Waals surface area contributed by atoms with E-state index >= 15 is 0 Å². The van der Waals surface area contributed by atoms with Crippen LogP contribution in [0.1, 0.15) is 104 Å². The van der Waals surface area contributed by atoms with Crippen molar-refractivity contribution in [2.24, 2.45) is 33.5 Å². The number of carbonyl (C=O) groups is 4. The summed E-state index contributed by atoms with van der Waals surface area (Å²) in [4.78, 5) is 39.4. The van der Waals surface area contributed by atoms with Crippen molar-refractivity contribution in [1.29, 1.82) is 0 Å². The van der Waals surface area contributed by atoms with Gasteiger partial charge in [0, 0.05) is 0 Å². The number of carboxylic acid groups (broad SMARTS) is 1. The van der Waals surface area contributed by atoms with E-state index in [1.807, 2.05) is 41.5 Å². The van der Waals surface area contributed by atoms with Gasteiger partial charge in [-0.3, -0.25) is 9.59 Å². The number of ether oxygens (including phenoxy) is 2. The molecule has 0 spiro atoms. The molecule has 15 heteroatoms. The molecule has 0 aliphatic carbocycles. The fourth-order valence-corrected chi connectivity index (χ4v) is 3.20. The van der Waals surface area contributed by atoms with Crippen LogP contribution in [0.4, 0.5) is 19.2 Å². The van der Waals surface area contributed by atoms with E-state index < -0.39 is 22.7 Å². The van der Waals surface area contributed by atoms with Gasteiger partial charge in [0.1, 0.15) is 17.4 Å². The van der Waals surface area contributed by atoms with Gasteiger partial charge in [-0.15, -0.1) is 12.6 Å². The molecule has 0 saturated carbocycles. The average molecular weight is 693 g/mol. The maximum absolute atomic E-state index is 10.8. The van der Waals surface area contributed by atoms with E-state index in [0.717, 1.165) is 0 Å². The molecule has 0 aromatic carbocycles. The standard InChI is InChI=1S/2C12H25NO2.CH3NOS.CH2O2S.CH4.2K.H2N/c2*1-8(11(2,3)4)9(12(5,6)7)15-10(13)14;2*2-1(3)4;;;;/h2*8-9H,1-7H3,(H2,13,14);(H3,2,3,4);4H,(H,2,3);1H4;;;1H2/q;;;;;2*+1;-1/p-3/t2*8-,9?;;;;;;/m11....../s1. The Kier molecular flexibility index (Phi) is 40.8. The van der Waals surface area contributed by atoms with E-state index in [2.05, 4.69) is 80.6 Å². The smallest absolute Gasteiger partial charge is 0.693 e. The predicted octanol–water partition coefficient (Wildman–Crippen LogP) is 5.59. The average Bonchev–Trinajstić information content (AvgIpc) is 2.59. The molecule has 0 aromatic heterocycles. The molecule has 0 rings (SSSR count). The largest absolute Gasteiger partial charge is 1.00 e. The van der Waals surface area contributed by atoms with Crippen molar-refractivity contribution in [2.45, 2.75) is 117 Å². The second-order valence-electron chi connectivity index (χ2n) is 13.3. The summed E-state index contributed by atoms with van der Waals surface area (Å²) in [6.07, 6.45) is -2.32. The van der Waals surface area contributed by atoms with Crippen molar-refractivity contribution < 1.29 is 137 Å². The summed E-state index contributed by atoms with van der Waals surface area (Å²) < 4.78 is 10.3. The van der Waals surface area contributed by atoms with Crippen LogP contribution in [0.2, 0.25) is 0 Å². The van der Waals surface area contributed by atoms with Crippen molar-refractivity contribution in [3.05, 3.63) is 23.4 Å². The summed E-state index contributed by atoms with van der Waals surface area (Å²) in [5.74, 6) is 0.429. The molecule has 42 heavy (non-hydrogen) atoms. The van der Waals surface area contributed by atoms with E-state index in [1.54, 1.807) is 0 Å². The number of nitrogens with two attached hydrogens (primary N) is 1. The molecule has 244 valence electrons. The fraction of sp³-hybridized carbons (Fsp3) is 0.852. The van der Waals surface area contributed by atoms with Crippen molar-refractivity contribution >= 4 is 48.0 Å². The molecule has 0 saturated heterocycles. The third-order valence-corrected chi connectivity index (χ3v) is 5.82. The van der Waals surface area contributed by atoms with Crippen LogP contribution in [0.25, 0.3) is 23.4 Å². The molecule has 0 radical (unpaired) electrons. The molecule has 0 aliphatic heterocycles. The first-order chi connectivity index (χ1) is 16.4. The van der Waals surface area contributed by atoms with Crippen LogP contribution in [-0.2, 0) is 9.47 Å². The second kappa shape index (κ2) is 27.5. The molecule has 11 nitrogen and oxygen atoms in total. The first kappa shape index (κ1) is 62.3. The second-order valence-corrected chi connectivity index (χ2v) is 14.1. The SMILES string of the molecule is C.C[C@H](C(OC([NH-])=O)C(C)(C)C)C(C)(C)C.C[C@H](C(OC([NH-])=O)C(C)(C)C)C(C)(C)C.O=C(O)S.[K+].[K+].[NH-]C(=O)S.[NH2-]. The summed E-state index contributed by atoms with van der Waals surface area (Å²) in [7, 11) is 0. The topological polar surface area (TPSA) is 212 Å². The van der Waals surface area contributed by atoms with Crippen molar-refractivity contribution in [2.75, 3.05) is 0 Å². The van der Waals surface area contributed by atoms with Crippen molar-refractivity contribution in [3.8, 4) is 0 Å². The van der Waals surface area contributed by atoms with Crippen molar-refractivity contribution in [1.82, 2.24) is 0 Å². The zero-order chi connectivity index (χ0) is 32.0. The molecule has 0 aromatic rings. The Balaban J connectivity index is -0.0000000677. The normalized spacial score (nSPS) is 13.3. The van der Waals surface area contributed by atoms with Gasteiger partial charge in [-0.2, -0.15) is 0 Å². The Morgan fingerprint density at radius 1 is 0.595 bits per heavy atom. The number of hydrogen-bond donors (Lipinski definition) is 3. The van der Waals surface area contributed by atoms with Crippen LogP contribution in [0, 0.1) is 33.5 Å². The number of amides is 3. The third kappa shape index (κ3) is 39.4. The summed E-state index contributed by atoms with van der Waals surface area (Å²) in [5.41, 5.74) is 19.5. The van der Waals surface area contributed by atoms with Crippen LogP contribution >= 0.6 is 25.3 Å². The molecule has 0 aliphatic rings. The van der Waals surface area contributed by atoms with E-state index in [1.165, 1.54) is 0 Å². The first-order valence-corrected chi connectivity index (χ1v) is 13.0. The van der Waals surface area contributed by atoms with Crippen molar-refractivity contribution in [3.63, 3.8) is 0 Å². The van der Waals surface area contributed by atoms with Gasteiger partial charge < -0.3 is 42.7 Å². The molecular formula is C27H58K2N4O7S2-2. The van der Waals surface area contributed by atoms with Gasteiger partial charge in [0.2, 0.25) is 12.2 Å². The van der Waals surface area contributed by atoms with Gasteiger partial charge in [-0.1, -0.05) is 117 Å². The van der Waals surface area contributed by atoms with Crippen LogP contribution in [0.3, 0.4) is 0 Å². The Morgan fingerprint density at radius 3 is 0.810 bits per heavy atom. The summed E-state index contributed by atoms with van der Waals surface area (Å²) in [6, 6.07) is 0. The maximum atomic E-state index is 10.8. The van der Waals surface area contributed by atoms with Crippen LogP contribution in [0.15, 0.2) is 0 Å². The number of thiol groups is 2. The molecule has 6 N–H and O–H groups in total.